The van der Waals surface area contributed by atoms with Crippen LogP contribution in [0.1, 0.15) is 0 Å². The molecular formula is C9H9N3O3S. The first kappa shape index (κ1) is 10.7. The Bertz CT molecular complexity index is 561. The Morgan fingerprint density at radius 2 is 1.88 bits per heavy atom. The fourth-order valence-corrected chi connectivity index (χ4v) is 1.67. The van der Waals surface area contributed by atoms with Crippen molar-refractivity contribution in [2.75, 3.05) is 5.32 Å². The summed E-state index contributed by atoms with van der Waals surface area (Å²) in [6.45, 7) is 0. The first-order valence-electron chi connectivity index (χ1n) is 4.36. The van der Waals surface area contributed by atoms with Crippen molar-refractivity contribution < 1.29 is 12.9 Å². The van der Waals surface area contributed by atoms with Crippen molar-refractivity contribution >= 4 is 21.6 Å². The van der Waals surface area contributed by atoms with Gasteiger partial charge in [0.05, 0.1) is 11.1 Å². The molecule has 0 fully saturated rings. The average Bonchev–Trinajstić information content (AvgIpc) is 2.70. The molecule has 84 valence electrons. The van der Waals surface area contributed by atoms with Crippen LogP contribution in [0.2, 0.25) is 0 Å². The minimum absolute atomic E-state index is 0.0654. The zero-order chi connectivity index (χ0) is 11.6. The highest BCUT2D eigenvalue weighted by Crippen LogP contribution is 2.17. The number of anilines is 2. The van der Waals surface area contributed by atoms with Gasteiger partial charge in [-0.2, -0.15) is 0 Å². The van der Waals surface area contributed by atoms with Crippen LogP contribution in [0.3, 0.4) is 0 Å². The molecule has 0 saturated heterocycles. The van der Waals surface area contributed by atoms with Crippen molar-refractivity contribution in [3.63, 3.8) is 0 Å². The lowest BCUT2D eigenvalue weighted by molar-refractivity contribution is 0.435. The smallest absolute Gasteiger partial charge is 0.238 e. The van der Waals surface area contributed by atoms with Crippen LogP contribution in [-0.2, 0) is 10.0 Å². The lowest BCUT2D eigenvalue weighted by atomic mass is 10.3. The maximum Gasteiger partial charge on any atom is 0.238 e. The van der Waals surface area contributed by atoms with Crippen LogP contribution in [0.25, 0.3) is 0 Å². The zero-order valence-corrected chi connectivity index (χ0v) is 8.94. The molecule has 1 aromatic carbocycles. The molecule has 0 saturated carbocycles. The van der Waals surface area contributed by atoms with Gasteiger partial charge in [-0.3, -0.25) is 0 Å². The van der Waals surface area contributed by atoms with E-state index in [0.717, 1.165) is 0 Å². The van der Waals surface area contributed by atoms with Crippen LogP contribution >= 0.6 is 0 Å². The van der Waals surface area contributed by atoms with Crippen molar-refractivity contribution in [2.24, 2.45) is 5.14 Å². The van der Waals surface area contributed by atoms with Crippen LogP contribution in [0.4, 0.5) is 11.6 Å². The van der Waals surface area contributed by atoms with Crippen molar-refractivity contribution in [2.45, 2.75) is 4.90 Å². The quantitative estimate of drug-likeness (QED) is 0.834. The second-order valence-corrected chi connectivity index (χ2v) is 4.63. The topological polar surface area (TPSA) is 98.2 Å². The van der Waals surface area contributed by atoms with Gasteiger partial charge in [0, 0.05) is 11.8 Å². The number of aromatic nitrogens is 1. The van der Waals surface area contributed by atoms with Crippen molar-refractivity contribution in [3.8, 4) is 0 Å². The maximum atomic E-state index is 11.0. The Morgan fingerprint density at radius 3 is 2.38 bits per heavy atom. The van der Waals surface area contributed by atoms with Crippen LogP contribution in [-0.4, -0.2) is 13.6 Å². The van der Waals surface area contributed by atoms with E-state index in [1.807, 2.05) is 0 Å². The van der Waals surface area contributed by atoms with E-state index in [1.165, 1.54) is 18.3 Å². The molecule has 0 radical (unpaired) electrons. The van der Waals surface area contributed by atoms with E-state index in [1.54, 1.807) is 18.2 Å². The first-order chi connectivity index (χ1) is 7.55. The maximum absolute atomic E-state index is 11.0. The van der Waals surface area contributed by atoms with E-state index in [2.05, 4.69) is 10.5 Å². The van der Waals surface area contributed by atoms with Crippen molar-refractivity contribution in [1.82, 2.24) is 5.16 Å². The molecule has 0 unspecified atom stereocenters. The molecule has 3 N–H and O–H groups in total. The average molecular weight is 239 g/mol. The molecule has 0 atom stereocenters. The lowest BCUT2D eigenvalue weighted by Gasteiger charge is -2.02. The molecule has 0 aliphatic heterocycles. The fourth-order valence-electron chi connectivity index (χ4n) is 1.15. The summed E-state index contributed by atoms with van der Waals surface area (Å²) in [6.07, 6.45) is 1.50. The molecule has 0 amide bonds. The van der Waals surface area contributed by atoms with E-state index >= 15 is 0 Å². The Morgan fingerprint density at radius 1 is 1.19 bits per heavy atom. The SMILES string of the molecule is NS(=O)(=O)c1ccc(Nc2ccno2)cc1. The molecular weight excluding hydrogens is 230 g/mol. The Kier molecular flexibility index (Phi) is 2.63. The molecule has 2 aromatic rings. The molecule has 0 aliphatic rings. The van der Waals surface area contributed by atoms with Gasteiger partial charge in [-0.15, -0.1) is 0 Å². The first-order valence-corrected chi connectivity index (χ1v) is 5.91. The molecule has 0 aliphatic carbocycles. The molecule has 1 heterocycles. The Balaban J connectivity index is 2.20. The fraction of sp³-hybridized carbons (Fsp3) is 0. The molecule has 6 nitrogen and oxygen atoms in total. The summed E-state index contributed by atoms with van der Waals surface area (Å²) in [5.74, 6) is 0.475. The van der Waals surface area contributed by atoms with E-state index in [9.17, 15) is 8.42 Å². The number of rotatable bonds is 3. The summed E-state index contributed by atoms with van der Waals surface area (Å²) in [7, 11) is -3.65. The number of primary sulfonamides is 1. The van der Waals surface area contributed by atoms with Crippen LogP contribution in [0.15, 0.2) is 45.9 Å². The van der Waals surface area contributed by atoms with E-state index in [4.69, 9.17) is 9.66 Å². The molecule has 7 heteroatoms. The van der Waals surface area contributed by atoms with Crippen LogP contribution in [0, 0.1) is 0 Å². The van der Waals surface area contributed by atoms with Gasteiger partial charge >= 0.3 is 0 Å². The Hall–Kier alpha value is -1.86. The number of hydrogen-bond acceptors (Lipinski definition) is 5. The Labute approximate surface area is 92.1 Å². The molecule has 16 heavy (non-hydrogen) atoms. The summed E-state index contributed by atoms with van der Waals surface area (Å²) in [5, 5.41) is 11.4. The highest BCUT2D eigenvalue weighted by atomic mass is 32.2. The zero-order valence-electron chi connectivity index (χ0n) is 8.12. The predicted molar refractivity (Wildman–Crippen MR) is 57.6 cm³/mol. The van der Waals surface area contributed by atoms with Gasteiger partial charge in [0.25, 0.3) is 0 Å². The number of benzene rings is 1. The van der Waals surface area contributed by atoms with E-state index < -0.39 is 10.0 Å². The highest BCUT2D eigenvalue weighted by Gasteiger charge is 2.06. The number of nitrogens with two attached hydrogens (primary N) is 1. The minimum atomic E-state index is -3.65. The molecule has 2 rings (SSSR count). The number of sulfonamides is 1. The number of nitrogens with zero attached hydrogens (tertiary/aromatic N) is 1. The molecule has 0 spiro atoms. The molecule has 1 aromatic heterocycles. The number of nitrogens with one attached hydrogen (secondary N) is 1. The second-order valence-electron chi connectivity index (χ2n) is 3.07. The van der Waals surface area contributed by atoms with Gasteiger partial charge in [-0.05, 0) is 24.3 Å². The van der Waals surface area contributed by atoms with Crippen LogP contribution in [0.5, 0.6) is 0 Å². The normalized spacial score (nSPS) is 11.3. The lowest BCUT2D eigenvalue weighted by Crippen LogP contribution is -2.11. The van der Waals surface area contributed by atoms with E-state index in [0.29, 0.717) is 11.6 Å². The summed E-state index contributed by atoms with van der Waals surface area (Å²) in [4.78, 5) is 0.0654. The van der Waals surface area contributed by atoms with Gasteiger partial charge in [0.2, 0.25) is 15.9 Å². The third-order valence-electron chi connectivity index (χ3n) is 1.89. The summed E-state index contributed by atoms with van der Waals surface area (Å²) < 4.78 is 26.8. The van der Waals surface area contributed by atoms with Crippen molar-refractivity contribution in [1.29, 1.82) is 0 Å². The monoisotopic (exact) mass is 239 g/mol. The van der Waals surface area contributed by atoms with Gasteiger partial charge in [0.15, 0.2) is 0 Å². The predicted octanol–water partition coefficient (Wildman–Crippen LogP) is 1.07. The minimum Gasteiger partial charge on any atom is -0.339 e. The number of hydrogen-bond donors (Lipinski definition) is 2. The summed E-state index contributed by atoms with van der Waals surface area (Å²) in [6, 6.07) is 7.64. The van der Waals surface area contributed by atoms with Gasteiger partial charge in [-0.1, -0.05) is 5.16 Å². The third kappa shape index (κ3) is 2.38. The van der Waals surface area contributed by atoms with Crippen molar-refractivity contribution in [3.05, 3.63) is 36.5 Å². The molecule has 0 bridgehead atoms. The van der Waals surface area contributed by atoms with Crippen LogP contribution < -0.4 is 10.5 Å². The van der Waals surface area contributed by atoms with Gasteiger partial charge in [0.1, 0.15) is 0 Å². The third-order valence-corrected chi connectivity index (χ3v) is 2.82. The standard InChI is InChI=1S/C9H9N3O3S/c10-16(13,14)8-3-1-7(2-4-8)12-9-5-6-11-15-9/h1-6,12H,(H2,10,13,14). The highest BCUT2D eigenvalue weighted by molar-refractivity contribution is 7.89. The summed E-state index contributed by atoms with van der Waals surface area (Å²) in [5.41, 5.74) is 0.684. The second kappa shape index (κ2) is 3.95. The van der Waals surface area contributed by atoms with Gasteiger partial charge in [-0.25, -0.2) is 13.6 Å². The largest absolute Gasteiger partial charge is 0.339 e. The van der Waals surface area contributed by atoms with Gasteiger partial charge < -0.3 is 9.84 Å². The summed E-state index contributed by atoms with van der Waals surface area (Å²) >= 11 is 0. The van der Waals surface area contributed by atoms with E-state index in [-0.39, 0.29) is 4.90 Å².